The first kappa shape index (κ1) is 18.2. The van der Waals surface area contributed by atoms with E-state index in [0.717, 1.165) is 51.0 Å². The highest BCUT2D eigenvalue weighted by atomic mass is 16.2. The number of aryl methyl sites for hydroxylation is 2. The minimum Gasteiger partial charge on any atom is -0.337 e. The second kappa shape index (κ2) is 7.47. The number of hydrogen-bond donors (Lipinski definition) is 1. The molecular formula is C22H30N4O. The van der Waals surface area contributed by atoms with Crippen molar-refractivity contribution in [1.29, 1.82) is 0 Å². The summed E-state index contributed by atoms with van der Waals surface area (Å²) in [6.07, 6.45) is 5.36. The molecule has 144 valence electrons. The lowest BCUT2D eigenvalue weighted by atomic mass is 9.97. The Morgan fingerprint density at radius 3 is 2.89 bits per heavy atom. The van der Waals surface area contributed by atoms with Gasteiger partial charge >= 0.3 is 0 Å². The zero-order valence-electron chi connectivity index (χ0n) is 16.7. The van der Waals surface area contributed by atoms with Gasteiger partial charge in [-0.25, -0.2) is 4.68 Å². The average molecular weight is 367 g/mol. The number of carbonyl (C=O) groups is 1. The maximum atomic E-state index is 13.3. The van der Waals surface area contributed by atoms with Gasteiger partial charge in [-0.05, 0) is 77.1 Å². The molecule has 1 aromatic carbocycles. The standard InChI is InChI=1S/C22H30N4O/c1-15-9-10-19(16(2)12-15)26-20-8-4-7-18(20)21(24-26)22(27)25-11-5-6-17(14-25)13-23-3/h9-10,12,17,23H,4-8,11,13-14H2,1-3H3. The van der Waals surface area contributed by atoms with Crippen molar-refractivity contribution in [3.63, 3.8) is 0 Å². The van der Waals surface area contributed by atoms with Crippen LogP contribution in [0.2, 0.25) is 0 Å². The van der Waals surface area contributed by atoms with Crippen molar-refractivity contribution >= 4 is 5.91 Å². The van der Waals surface area contributed by atoms with Crippen LogP contribution in [-0.2, 0) is 12.8 Å². The number of piperidine rings is 1. The van der Waals surface area contributed by atoms with Crippen molar-refractivity contribution in [2.75, 3.05) is 26.7 Å². The number of nitrogens with one attached hydrogen (secondary N) is 1. The molecule has 2 aromatic rings. The van der Waals surface area contributed by atoms with Crippen LogP contribution in [0.4, 0.5) is 0 Å². The Labute approximate surface area is 161 Å². The van der Waals surface area contributed by atoms with Gasteiger partial charge in [0.05, 0.1) is 5.69 Å². The van der Waals surface area contributed by atoms with E-state index in [1.54, 1.807) is 0 Å². The summed E-state index contributed by atoms with van der Waals surface area (Å²) < 4.78 is 2.04. The zero-order chi connectivity index (χ0) is 19.0. The Kier molecular flexibility index (Phi) is 5.04. The molecule has 0 bridgehead atoms. The number of aromatic nitrogens is 2. The summed E-state index contributed by atoms with van der Waals surface area (Å²) in [5.74, 6) is 0.666. The number of benzene rings is 1. The molecule has 1 aliphatic heterocycles. The van der Waals surface area contributed by atoms with Crippen LogP contribution < -0.4 is 5.32 Å². The molecule has 2 aliphatic rings. The SMILES string of the molecule is CNCC1CCCN(C(=O)c2nn(-c3ccc(C)cc3C)c3c2CCC3)C1. The fraction of sp³-hybridized carbons (Fsp3) is 0.545. The van der Waals surface area contributed by atoms with Crippen LogP contribution in [0.1, 0.15) is 52.1 Å². The number of amides is 1. The molecule has 1 unspecified atom stereocenters. The molecule has 1 N–H and O–H groups in total. The van der Waals surface area contributed by atoms with E-state index >= 15 is 0 Å². The molecule has 1 aliphatic carbocycles. The normalized spacial score (nSPS) is 19.4. The maximum Gasteiger partial charge on any atom is 0.274 e. The van der Waals surface area contributed by atoms with Gasteiger partial charge in [0.15, 0.2) is 5.69 Å². The van der Waals surface area contributed by atoms with Crippen LogP contribution in [0.15, 0.2) is 18.2 Å². The van der Waals surface area contributed by atoms with Gasteiger partial charge in [-0.1, -0.05) is 17.7 Å². The molecular weight excluding hydrogens is 336 g/mol. The van der Waals surface area contributed by atoms with Crippen molar-refractivity contribution in [2.45, 2.75) is 46.0 Å². The summed E-state index contributed by atoms with van der Waals surface area (Å²) in [6, 6.07) is 6.45. The Morgan fingerprint density at radius 1 is 1.26 bits per heavy atom. The second-order valence-electron chi connectivity index (χ2n) is 8.15. The molecule has 2 heterocycles. The van der Waals surface area contributed by atoms with E-state index in [1.807, 2.05) is 16.6 Å². The average Bonchev–Trinajstić information content (AvgIpc) is 3.25. The van der Waals surface area contributed by atoms with Crippen LogP contribution in [0.5, 0.6) is 0 Å². The van der Waals surface area contributed by atoms with E-state index in [0.29, 0.717) is 11.6 Å². The summed E-state index contributed by atoms with van der Waals surface area (Å²) in [6.45, 7) is 6.89. The summed E-state index contributed by atoms with van der Waals surface area (Å²) in [7, 11) is 1.99. The van der Waals surface area contributed by atoms with Gasteiger partial charge in [0, 0.05) is 24.3 Å². The molecule has 1 saturated heterocycles. The van der Waals surface area contributed by atoms with Gasteiger partial charge in [0.1, 0.15) is 0 Å². The third-order valence-corrected chi connectivity index (χ3v) is 6.01. The van der Waals surface area contributed by atoms with E-state index in [-0.39, 0.29) is 5.91 Å². The fourth-order valence-corrected chi connectivity index (χ4v) is 4.71. The van der Waals surface area contributed by atoms with E-state index in [2.05, 4.69) is 37.4 Å². The number of fused-ring (bicyclic) bond motifs is 1. The first-order valence-corrected chi connectivity index (χ1v) is 10.2. The van der Waals surface area contributed by atoms with Crippen LogP contribution in [0.3, 0.4) is 0 Å². The highest BCUT2D eigenvalue weighted by Gasteiger charge is 2.32. The van der Waals surface area contributed by atoms with E-state index in [4.69, 9.17) is 5.10 Å². The number of carbonyl (C=O) groups excluding carboxylic acids is 1. The Balaban J connectivity index is 1.67. The van der Waals surface area contributed by atoms with E-state index < -0.39 is 0 Å². The monoisotopic (exact) mass is 366 g/mol. The van der Waals surface area contributed by atoms with Crippen molar-refractivity contribution < 1.29 is 4.79 Å². The molecule has 4 rings (SSSR count). The quantitative estimate of drug-likeness (QED) is 0.905. The molecule has 0 saturated carbocycles. The van der Waals surface area contributed by atoms with Gasteiger partial charge in [-0.2, -0.15) is 5.10 Å². The van der Waals surface area contributed by atoms with Crippen LogP contribution >= 0.6 is 0 Å². The lowest BCUT2D eigenvalue weighted by Gasteiger charge is -2.32. The van der Waals surface area contributed by atoms with Gasteiger partial charge in [0.25, 0.3) is 5.91 Å². The molecule has 1 amide bonds. The highest BCUT2D eigenvalue weighted by Crippen LogP contribution is 2.30. The molecule has 0 spiro atoms. The number of hydrogen-bond acceptors (Lipinski definition) is 3. The largest absolute Gasteiger partial charge is 0.337 e. The van der Waals surface area contributed by atoms with Gasteiger partial charge in [0.2, 0.25) is 0 Å². The summed E-state index contributed by atoms with van der Waals surface area (Å²) >= 11 is 0. The smallest absolute Gasteiger partial charge is 0.274 e. The molecule has 1 aromatic heterocycles. The molecule has 27 heavy (non-hydrogen) atoms. The summed E-state index contributed by atoms with van der Waals surface area (Å²) in [5, 5.41) is 8.11. The van der Waals surface area contributed by atoms with Crippen molar-refractivity contribution in [3.05, 3.63) is 46.3 Å². The van der Waals surface area contributed by atoms with Gasteiger partial charge in [-0.3, -0.25) is 4.79 Å². The fourth-order valence-electron chi connectivity index (χ4n) is 4.71. The second-order valence-corrected chi connectivity index (χ2v) is 8.15. The van der Waals surface area contributed by atoms with Gasteiger partial charge < -0.3 is 10.2 Å². The molecule has 5 nitrogen and oxygen atoms in total. The number of rotatable bonds is 4. The molecule has 0 radical (unpaired) electrons. The van der Waals surface area contributed by atoms with E-state index in [9.17, 15) is 4.79 Å². The molecule has 1 fully saturated rings. The number of nitrogens with zero attached hydrogens (tertiary/aromatic N) is 3. The van der Waals surface area contributed by atoms with Crippen LogP contribution in [0, 0.1) is 19.8 Å². The Hall–Kier alpha value is -2.14. The third kappa shape index (κ3) is 3.41. The van der Waals surface area contributed by atoms with Crippen molar-refractivity contribution in [2.24, 2.45) is 5.92 Å². The van der Waals surface area contributed by atoms with Crippen molar-refractivity contribution in [1.82, 2.24) is 20.0 Å². The predicted octanol–water partition coefficient (Wildman–Crippen LogP) is 3.05. The van der Waals surface area contributed by atoms with E-state index in [1.165, 1.54) is 28.8 Å². The minimum absolute atomic E-state index is 0.123. The van der Waals surface area contributed by atoms with Crippen molar-refractivity contribution in [3.8, 4) is 5.69 Å². The van der Waals surface area contributed by atoms with Crippen LogP contribution in [-0.4, -0.2) is 47.3 Å². The zero-order valence-corrected chi connectivity index (χ0v) is 16.7. The summed E-state index contributed by atoms with van der Waals surface area (Å²) in [5.41, 5.74) is 6.65. The number of likely N-dealkylation sites (tertiary alicyclic amines) is 1. The third-order valence-electron chi connectivity index (χ3n) is 6.01. The predicted molar refractivity (Wildman–Crippen MR) is 108 cm³/mol. The lowest BCUT2D eigenvalue weighted by molar-refractivity contribution is 0.0666. The van der Waals surface area contributed by atoms with Gasteiger partial charge in [-0.15, -0.1) is 0 Å². The first-order chi connectivity index (χ1) is 13.1. The molecule has 1 atom stereocenters. The lowest BCUT2D eigenvalue weighted by Crippen LogP contribution is -2.42. The summed E-state index contributed by atoms with van der Waals surface area (Å²) in [4.78, 5) is 15.3. The first-order valence-electron chi connectivity index (χ1n) is 10.2. The molecule has 5 heteroatoms. The Morgan fingerprint density at radius 2 is 2.11 bits per heavy atom. The highest BCUT2D eigenvalue weighted by molar-refractivity contribution is 5.94. The maximum absolute atomic E-state index is 13.3. The minimum atomic E-state index is 0.123. The topological polar surface area (TPSA) is 50.2 Å². The van der Waals surface area contributed by atoms with Crippen LogP contribution in [0.25, 0.3) is 5.69 Å². The Bertz CT molecular complexity index is 852.